The molecule has 1 fully saturated rings. The van der Waals surface area contributed by atoms with Gasteiger partial charge in [0.25, 0.3) is 0 Å². The summed E-state index contributed by atoms with van der Waals surface area (Å²) in [6.07, 6.45) is 1.96. The second kappa shape index (κ2) is 5.49. The van der Waals surface area contributed by atoms with Crippen LogP contribution >= 0.6 is 15.9 Å². The second-order valence-electron chi connectivity index (χ2n) is 4.28. The van der Waals surface area contributed by atoms with Crippen molar-refractivity contribution in [1.29, 1.82) is 0 Å². The summed E-state index contributed by atoms with van der Waals surface area (Å²) >= 11 is 3.38. The van der Waals surface area contributed by atoms with Gasteiger partial charge in [0.05, 0.1) is 0 Å². The van der Waals surface area contributed by atoms with E-state index >= 15 is 0 Å². The molecule has 0 aromatic carbocycles. The zero-order valence-corrected chi connectivity index (χ0v) is 11.4. The standard InChI is InChI=1S/C12H16BrN3O/c1-9(17)14-10-5-7-16(8-6-10)12-4-2-3-11(13)15-12/h2-4,10H,5-8H2,1H3,(H,14,17). The lowest BCUT2D eigenvalue weighted by Gasteiger charge is -2.33. The third-order valence-corrected chi connectivity index (χ3v) is 3.37. The van der Waals surface area contributed by atoms with Gasteiger partial charge in [-0.15, -0.1) is 0 Å². The molecule has 0 spiro atoms. The van der Waals surface area contributed by atoms with Gasteiger partial charge in [0, 0.05) is 26.1 Å². The molecule has 0 bridgehead atoms. The Morgan fingerprint density at radius 2 is 2.18 bits per heavy atom. The third-order valence-electron chi connectivity index (χ3n) is 2.93. The van der Waals surface area contributed by atoms with Gasteiger partial charge in [-0.2, -0.15) is 0 Å². The fourth-order valence-electron chi connectivity index (χ4n) is 2.11. The van der Waals surface area contributed by atoms with Crippen LogP contribution in [0, 0.1) is 0 Å². The van der Waals surface area contributed by atoms with E-state index in [4.69, 9.17) is 0 Å². The van der Waals surface area contributed by atoms with Crippen molar-refractivity contribution in [2.75, 3.05) is 18.0 Å². The Balaban J connectivity index is 1.93. The molecule has 0 aliphatic carbocycles. The van der Waals surface area contributed by atoms with E-state index < -0.39 is 0 Å². The maximum Gasteiger partial charge on any atom is 0.217 e. The molecular weight excluding hydrogens is 282 g/mol. The summed E-state index contributed by atoms with van der Waals surface area (Å²) in [5, 5.41) is 2.97. The zero-order valence-electron chi connectivity index (χ0n) is 9.82. The Labute approximate surface area is 110 Å². The van der Waals surface area contributed by atoms with Gasteiger partial charge in [-0.25, -0.2) is 4.98 Å². The van der Waals surface area contributed by atoms with Crippen LogP contribution in [0.4, 0.5) is 5.82 Å². The fourth-order valence-corrected chi connectivity index (χ4v) is 2.45. The Morgan fingerprint density at radius 1 is 1.47 bits per heavy atom. The van der Waals surface area contributed by atoms with Crippen molar-refractivity contribution in [1.82, 2.24) is 10.3 Å². The van der Waals surface area contributed by atoms with Crippen molar-refractivity contribution < 1.29 is 4.79 Å². The SMILES string of the molecule is CC(=O)NC1CCN(c2cccc(Br)n2)CC1. The lowest BCUT2D eigenvalue weighted by atomic mass is 10.1. The number of rotatable bonds is 2. The van der Waals surface area contributed by atoms with E-state index in [0.717, 1.165) is 36.4 Å². The molecule has 0 unspecified atom stereocenters. The maximum atomic E-state index is 11.0. The molecular formula is C12H16BrN3O. The van der Waals surface area contributed by atoms with E-state index in [9.17, 15) is 4.79 Å². The molecule has 0 atom stereocenters. The van der Waals surface area contributed by atoms with Gasteiger partial charge >= 0.3 is 0 Å². The zero-order chi connectivity index (χ0) is 12.3. The van der Waals surface area contributed by atoms with Crippen LogP contribution in [0.15, 0.2) is 22.8 Å². The molecule has 0 radical (unpaired) electrons. The van der Waals surface area contributed by atoms with Crippen LogP contribution in [-0.4, -0.2) is 30.0 Å². The lowest BCUT2D eigenvalue weighted by Crippen LogP contribution is -2.44. The highest BCUT2D eigenvalue weighted by Crippen LogP contribution is 2.19. The number of carbonyl (C=O) groups is 1. The Kier molecular flexibility index (Phi) is 3.99. The molecule has 1 amide bonds. The summed E-state index contributed by atoms with van der Waals surface area (Å²) in [7, 11) is 0. The van der Waals surface area contributed by atoms with Crippen LogP contribution in [0.25, 0.3) is 0 Å². The van der Waals surface area contributed by atoms with Gasteiger partial charge in [0.2, 0.25) is 5.91 Å². The normalized spacial score (nSPS) is 16.9. The van der Waals surface area contributed by atoms with Crippen LogP contribution in [0.3, 0.4) is 0 Å². The molecule has 0 saturated carbocycles. The predicted molar refractivity (Wildman–Crippen MR) is 71.0 cm³/mol. The van der Waals surface area contributed by atoms with E-state index in [2.05, 4.69) is 31.1 Å². The van der Waals surface area contributed by atoms with Crippen LogP contribution in [0.2, 0.25) is 0 Å². The molecule has 4 nitrogen and oxygen atoms in total. The molecule has 1 saturated heterocycles. The number of hydrogen-bond acceptors (Lipinski definition) is 3. The number of nitrogens with zero attached hydrogens (tertiary/aromatic N) is 2. The highest BCUT2D eigenvalue weighted by Gasteiger charge is 2.20. The van der Waals surface area contributed by atoms with E-state index in [-0.39, 0.29) is 5.91 Å². The Hall–Kier alpha value is -1.10. The fraction of sp³-hybridized carbons (Fsp3) is 0.500. The van der Waals surface area contributed by atoms with Crippen LogP contribution < -0.4 is 10.2 Å². The number of aromatic nitrogens is 1. The summed E-state index contributed by atoms with van der Waals surface area (Å²) in [4.78, 5) is 17.7. The van der Waals surface area contributed by atoms with Gasteiger partial charge in [-0.1, -0.05) is 6.07 Å². The minimum Gasteiger partial charge on any atom is -0.356 e. The largest absolute Gasteiger partial charge is 0.356 e. The van der Waals surface area contributed by atoms with Crippen LogP contribution in [0.5, 0.6) is 0 Å². The molecule has 17 heavy (non-hydrogen) atoms. The number of nitrogens with one attached hydrogen (secondary N) is 1. The number of carbonyl (C=O) groups excluding carboxylic acids is 1. The van der Waals surface area contributed by atoms with E-state index in [0.29, 0.717) is 6.04 Å². The van der Waals surface area contributed by atoms with Crippen molar-refractivity contribution in [2.24, 2.45) is 0 Å². The Bertz CT molecular complexity index is 402. The summed E-state index contributed by atoms with van der Waals surface area (Å²) in [5.41, 5.74) is 0. The first kappa shape index (κ1) is 12.4. The summed E-state index contributed by atoms with van der Waals surface area (Å²) < 4.78 is 0.860. The van der Waals surface area contributed by atoms with Crippen molar-refractivity contribution in [2.45, 2.75) is 25.8 Å². The molecule has 1 aliphatic rings. The maximum absolute atomic E-state index is 11.0. The van der Waals surface area contributed by atoms with Gasteiger partial charge in [-0.05, 0) is 40.9 Å². The molecule has 2 heterocycles. The lowest BCUT2D eigenvalue weighted by molar-refractivity contribution is -0.119. The van der Waals surface area contributed by atoms with E-state index in [1.807, 2.05) is 18.2 Å². The monoisotopic (exact) mass is 297 g/mol. The minimum absolute atomic E-state index is 0.0593. The highest BCUT2D eigenvalue weighted by molar-refractivity contribution is 9.10. The molecule has 5 heteroatoms. The van der Waals surface area contributed by atoms with Crippen molar-refractivity contribution in [3.63, 3.8) is 0 Å². The molecule has 1 aliphatic heterocycles. The molecule has 2 rings (SSSR count). The van der Waals surface area contributed by atoms with Gasteiger partial charge in [0.1, 0.15) is 10.4 Å². The van der Waals surface area contributed by atoms with E-state index in [1.54, 1.807) is 6.92 Å². The first-order chi connectivity index (χ1) is 8.15. The molecule has 92 valence electrons. The summed E-state index contributed by atoms with van der Waals surface area (Å²) in [6, 6.07) is 6.25. The number of pyridine rings is 1. The molecule has 1 aromatic rings. The average molecular weight is 298 g/mol. The number of piperidine rings is 1. The van der Waals surface area contributed by atoms with E-state index in [1.165, 1.54) is 0 Å². The van der Waals surface area contributed by atoms with Gasteiger partial charge in [-0.3, -0.25) is 4.79 Å². The highest BCUT2D eigenvalue weighted by atomic mass is 79.9. The average Bonchev–Trinajstić information content (AvgIpc) is 2.29. The first-order valence-electron chi connectivity index (χ1n) is 5.80. The van der Waals surface area contributed by atoms with Gasteiger partial charge in [0.15, 0.2) is 0 Å². The first-order valence-corrected chi connectivity index (χ1v) is 6.59. The number of anilines is 1. The third kappa shape index (κ3) is 3.43. The smallest absolute Gasteiger partial charge is 0.217 e. The molecule has 1 aromatic heterocycles. The van der Waals surface area contributed by atoms with Crippen molar-refractivity contribution in [3.8, 4) is 0 Å². The number of halogens is 1. The number of amides is 1. The summed E-state index contributed by atoms with van der Waals surface area (Å²) in [6.45, 7) is 3.45. The number of hydrogen-bond donors (Lipinski definition) is 1. The van der Waals surface area contributed by atoms with Crippen LogP contribution in [-0.2, 0) is 4.79 Å². The van der Waals surface area contributed by atoms with Crippen molar-refractivity contribution in [3.05, 3.63) is 22.8 Å². The molecule has 1 N–H and O–H groups in total. The topological polar surface area (TPSA) is 45.2 Å². The Morgan fingerprint density at radius 3 is 2.76 bits per heavy atom. The summed E-state index contributed by atoms with van der Waals surface area (Å²) in [5.74, 6) is 1.06. The van der Waals surface area contributed by atoms with Crippen LogP contribution in [0.1, 0.15) is 19.8 Å². The van der Waals surface area contributed by atoms with Crippen molar-refractivity contribution >= 4 is 27.7 Å². The quantitative estimate of drug-likeness (QED) is 0.849. The minimum atomic E-state index is 0.0593. The predicted octanol–water partition coefficient (Wildman–Crippen LogP) is 1.95. The van der Waals surface area contributed by atoms with Gasteiger partial charge < -0.3 is 10.2 Å². The second-order valence-corrected chi connectivity index (χ2v) is 5.09.